The molecular weight excluding hydrogens is 478 g/mol. The van der Waals surface area contributed by atoms with Gasteiger partial charge in [0.2, 0.25) is 5.95 Å². The first-order valence-corrected chi connectivity index (χ1v) is 12.4. The van der Waals surface area contributed by atoms with Gasteiger partial charge >= 0.3 is 0 Å². The number of nitrogens with one attached hydrogen (secondary N) is 1. The first-order chi connectivity index (χ1) is 17.6. The zero-order valence-corrected chi connectivity index (χ0v) is 21.2. The van der Waals surface area contributed by atoms with Crippen molar-refractivity contribution in [1.82, 2.24) is 25.3 Å². The molecule has 4 aromatic rings. The van der Waals surface area contributed by atoms with E-state index >= 15 is 0 Å². The molecule has 10 nitrogen and oxygen atoms in total. The molecule has 0 unspecified atom stereocenters. The summed E-state index contributed by atoms with van der Waals surface area (Å²) in [5, 5.41) is 2.58. The Morgan fingerprint density at radius 2 is 1.97 bits per heavy atom. The second-order valence-corrected chi connectivity index (χ2v) is 9.47. The zero-order chi connectivity index (χ0) is 25.1. The van der Waals surface area contributed by atoms with Crippen molar-refractivity contribution < 1.29 is 14.3 Å². The second-order valence-electron chi connectivity index (χ2n) is 8.34. The Morgan fingerprint density at radius 3 is 2.69 bits per heavy atom. The molecule has 0 aliphatic carbocycles. The van der Waals surface area contributed by atoms with Gasteiger partial charge in [-0.15, -0.1) is 11.3 Å². The molecule has 1 saturated heterocycles. The molecule has 0 spiro atoms. The Balaban J connectivity index is 1.48. The summed E-state index contributed by atoms with van der Waals surface area (Å²) >= 11 is 1.67. The van der Waals surface area contributed by atoms with Crippen LogP contribution in [0.15, 0.2) is 42.7 Å². The highest BCUT2D eigenvalue weighted by atomic mass is 32.1. The number of carbonyl (C=O) groups excluding carboxylic acids is 1. The lowest BCUT2D eigenvalue weighted by atomic mass is 10.2. The fourth-order valence-corrected chi connectivity index (χ4v) is 5.17. The van der Waals surface area contributed by atoms with Crippen LogP contribution in [0.3, 0.4) is 0 Å². The molecule has 11 heteroatoms. The molecule has 0 bridgehead atoms. The third kappa shape index (κ3) is 4.93. The van der Waals surface area contributed by atoms with E-state index in [1.54, 1.807) is 25.5 Å². The van der Waals surface area contributed by atoms with Gasteiger partial charge in [-0.2, -0.15) is 0 Å². The fourth-order valence-electron chi connectivity index (χ4n) is 4.01. The van der Waals surface area contributed by atoms with Crippen LogP contribution >= 0.6 is 11.3 Å². The quantitative estimate of drug-likeness (QED) is 0.406. The molecule has 1 amide bonds. The number of benzene rings is 1. The van der Waals surface area contributed by atoms with Crippen LogP contribution in [0.2, 0.25) is 0 Å². The fraction of sp³-hybridized carbons (Fsp3) is 0.320. The summed E-state index contributed by atoms with van der Waals surface area (Å²) in [6.07, 6.45) is 3.07. The van der Waals surface area contributed by atoms with Crippen molar-refractivity contribution in [2.24, 2.45) is 0 Å². The summed E-state index contributed by atoms with van der Waals surface area (Å²) in [5.74, 6) is 2.67. The number of morpholine rings is 1. The number of nitrogens with zero attached hydrogens (tertiary/aromatic N) is 6. The van der Waals surface area contributed by atoms with Gasteiger partial charge in [0, 0.05) is 50.0 Å². The number of ether oxygens (including phenoxy) is 2. The van der Waals surface area contributed by atoms with Gasteiger partial charge in [0.15, 0.2) is 11.6 Å². The van der Waals surface area contributed by atoms with Crippen molar-refractivity contribution in [3.8, 4) is 17.1 Å². The summed E-state index contributed by atoms with van der Waals surface area (Å²) in [7, 11) is 5.16. The highest BCUT2D eigenvalue weighted by Gasteiger charge is 2.21. The van der Waals surface area contributed by atoms with E-state index in [9.17, 15) is 4.79 Å². The lowest BCUT2D eigenvalue weighted by Crippen LogP contribution is -2.36. The number of rotatable bonds is 7. The van der Waals surface area contributed by atoms with Crippen LogP contribution < -0.4 is 19.9 Å². The van der Waals surface area contributed by atoms with Crippen LogP contribution in [0.1, 0.15) is 15.2 Å². The van der Waals surface area contributed by atoms with Gasteiger partial charge in [0.1, 0.15) is 5.75 Å². The smallest absolute Gasteiger partial charge is 0.254 e. The zero-order valence-electron chi connectivity index (χ0n) is 20.4. The van der Waals surface area contributed by atoms with Crippen molar-refractivity contribution in [2.45, 2.75) is 6.54 Å². The van der Waals surface area contributed by atoms with E-state index < -0.39 is 0 Å². The molecule has 0 atom stereocenters. The maximum absolute atomic E-state index is 11.8. The first kappa shape index (κ1) is 23.9. The lowest BCUT2D eigenvalue weighted by Gasteiger charge is -2.28. The number of aromatic nitrogens is 4. The molecule has 186 valence electrons. The average Bonchev–Trinajstić information content (AvgIpc) is 3.34. The van der Waals surface area contributed by atoms with Gasteiger partial charge in [-0.05, 0) is 18.2 Å². The normalized spacial score (nSPS) is 13.6. The first-order valence-electron chi connectivity index (χ1n) is 11.6. The Morgan fingerprint density at radius 1 is 1.19 bits per heavy atom. The minimum atomic E-state index is -0.213. The monoisotopic (exact) mass is 505 g/mol. The minimum Gasteiger partial charge on any atom is -0.497 e. The third-order valence-corrected chi connectivity index (χ3v) is 7.01. The summed E-state index contributed by atoms with van der Waals surface area (Å²) in [4.78, 5) is 35.7. The van der Waals surface area contributed by atoms with Crippen molar-refractivity contribution in [1.29, 1.82) is 0 Å². The van der Waals surface area contributed by atoms with Crippen molar-refractivity contribution in [2.75, 3.05) is 57.3 Å². The number of methoxy groups -OCH3 is 1. The summed E-state index contributed by atoms with van der Waals surface area (Å²) < 4.78 is 12.0. The van der Waals surface area contributed by atoms with E-state index in [0.29, 0.717) is 37.1 Å². The summed E-state index contributed by atoms with van der Waals surface area (Å²) in [6, 6.07) is 9.90. The number of anilines is 2. The largest absolute Gasteiger partial charge is 0.497 e. The van der Waals surface area contributed by atoms with Gasteiger partial charge in [-0.25, -0.2) is 19.9 Å². The number of hydrogen-bond donors (Lipinski definition) is 1. The highest BCUT2D eigenvalue weighted by molar-refractivity contribution is 7.19. The van der Waals surface area contributed by atoms with Gasteiger partial charge in [-0.3, -0.25) is 4.79 Å². The predicted octanol–water partition coefficient (Wildman–Crippen LogP) is 2.99. The molecule has 0 radical (unpaired) electrons. The predicted molar refractivity (Wildman–Crippen MR) is 140 cm³/mol. The van der Waals surface area contributed by atoms with Crippen LogP contribution in [0.25, 0.3) is 21.6 Å². The van der Waals surface area contributed by atoms with Gasteiger partial charge < -0.3 is 24.6 Å². The number of hydrogen-bond acceptors (Lipinski definition) is 10. The van der Waals surface area contributed by atoms with Crippen molar-refractivity contribution >= 4 is 39.2 Å². The molecule has 1 aliphatic heterocycles. The maximum atomic E-state index is 11.8. The number of thiophene rings is 1. The Bertz CT molecular complexity index is 1370. The molecule has 1 aromatic carbocycles. The maximum Gasteiger partial charge on any atom is 0.254 e. The van der Waals surface area contributed by atoms with Crippen LogP contribution in [-0.2, 0) is 11.3 Å². The third-order valence-electron chi connectivity index (χ3n) is 5.91. The van der Waals surface area contributed by atoms with Gasteiger partial charge in [-0.1, -0.05) is 12.1 Å². The SMILES string of the molecule is CNC(=O)c1cnc(N(C)Cc2cc3nc(-c4cccc(OC)c4)nc(N4CCOCC4)c3s2)nc1. The van der Waals surface area contributed by atoms with Crippen LogP contribution in [0, 0.1) is 0 Å². The number of carbonyl (C=O) groups is 1. The van der Waals surface area contributed by atoms with Crippen molar-refractivity contribution in [3.05, 3.63) is 53.2 Å². The second kappa shape index (κ2) is 10.4. The molecule has 3 aromatic heterocycles. The molecule has 4 heterocycles. The Hall–Kier alpha value is -3.83. The number of amides is 1. The minimum absolute atomic E-state index is 0.213. The molecule has 5 rings (SSSR count). The van der Waals surface area contributed by atoms with Gasteiger partial charge in [0.25, 0.3) is 5.91 Å². The van der Waals surface area contributed by atoms with Crippen LogP contribution in [0.5, 0.6) is 5.75 Å². The van der Waals surface area contributed by atoms with Crippen LogP contribution in [0.4, 0.5) is 11.8 Å². The van der Waals surface area contributed by atoms with Gasteiger partial charge in [0.05, 0.1) is 42.6 Å². The highest BCUT2D eigenvalue weighted by Crippen LogP contribution is 2.35. The Kier molecular flexibility index (Phi) is 6.92. The Labute approximate surface area is 212 Å². The molecular formula is C25H27N7O3S. The lowest BCUT2D eigenvalue weighted by molar-refractivity contribution is 0.0962. The molecule has 1 fully saturated rings. The van der Waals surface area contributed by atoms with E-state index in [4.69, 9.17) is 19.4 Å². The average molecular weight is 506 g/mol. The van der Waals surface area contributed by atoms with E-state index in [1.165, 1.54) is 12.4 Å². The summed E-state index contributed by atoms with van der Waals surface area (Å²) in [6.45, 7) is 3.50. The van der Waals surface area contributed by atoms with Crippen LogP contribution in [-0.4, -0.2) is 73.4 Å². The molecule has 36 heavy (non-hydrogen) atoms. The standard InChI is InChI=1S/C25H27N7O3S/c1-26-24(33)17-13-27-25(28-14-17)31(2)15-19-12-20-21(36-19)23(32-7-9-35-10-8-32)30-22(29-20)16-5-4-6-18(11-16)34-3/h4-6,11-14H,7-10,15H2,1-3H3,(H,26,33). The van der Waals surface area contributed by atoms with E-state index in [2.05, 4.69) is 26.3 Å². The molecule has 1 N–H and O–H groups in total. The van der Waals surface area contributed by atoms with Crippen molar-refractivity contribution in [3.63, 3.8) is 0 Å². The molecule has 1 aliphatic rings. The van der Waals surface area contributed by atoms with E-state index in [1.807, 2.05) is 36.2 Å². The van der Waals surface area contributed by atoms with E-state index in [-0.39, 0.29) is 5.91 Å². The summed E-state index contributed by atoms with van der Waals surface area (Å²) in [5.41, 5.74) is 2.22. The van der Waals surface area contributed by atoms with E-state index in [0.717, 1.165) is 45.3 Å². The topological polar surface area (TPSA) is 106 Å². The molecule has 0 saturated carbocycles. The number of fused-ring (bicyclic) bond motifs is 1.